The highest BCUT2D eigenvalue weighted by molar-refractivity contribution is 7.90. The minimum atomic E-state index is -3.74. The second kappa shape index (κ2) is 10.0. The van der Waals surface area contributed by atoms with Crippen LogP contribution in [-0.2, 0) is 24.4 Å². The van der Waals surface area contributed by atoms with Gasteiger partial charge in [0.25, 0.3) is 10.0 Å². The van der Waals surface area contributed by atoms with Crippen LogP contribution in [0.15, 0.2) is 34.2 Å². The normalized spacial score (nSPS) is 23.5. The number of amides is 3. The number of sulfonamides is 1. The van der Waals surface area contributed by atoms with Crippen LogP contribution in [0.3, 0.4) is 0 Å². The lowest BCUT2D eigenvalue weighted by Crippen LogP contribution is -2.34. The number of fused-ring (bicyclic) bond motifs is 1. The Morgan fingerprint density at radius 2 is 1.64 bits per heavy atom. The quantitative estimate of drug-likeness (QED) is 0.613. The highest BCUT2D eigenvalue weighted by Crippen LogP contribution is 2.38. The zero-order valence-electron chi connectivity index (χ0n) is 18.6. The molecule has 9 nitrogen and oxygen atoms in total. The Balaban J connectivity index is 1.30. The number of hydrogen-bond acceptors (Lipinski definition) is 6. The van der Waals surface area contributed by atoms with Crippen molar-refractivity contribution in [3.05, 3.63) is 24.3 Å². The van der Waals surface area contributed by atoms with Gasteiger partial charge in [0, 0.05) is 31.6 Å². The van der Waals surface area contributed by atoms with Gasteiger partial charge in [0.05, 0.1) is 16.7 Å². The molecular weight excluding hydrogens is 444 g/mol. The SMILES string of the molecule is O=C(CCN1C(=O)C2CCCCC2C1=O)Nc1ccc(S(=O)(=O)NC2=NCCCCC2)cc1. The topological polar surface area (TPSA) is 125 Å². The summed E-state index contributed by atoms with van der Waals surface area (Å²) in [5.41, 5.74) is 0.443. The van der Waals surface area contributed by atoms with Gasteiger partial charge in [-0.05, 0) is 49.9 Å². The van der Waals surface area contributed by atoms with Gasteiger partial charge in [0.1, 0.15) is 5.84 Å². The van der Waals surface area contributed by atoms with Crippen LogP contribution in [0.4, 0.5) is 5.69 Å². The van der Waals surface area contributed by atoms with Crippen molar-refractivity contribution in [2.24, 2.45) is 16.8 Å². The molecule has 10 heteroatoms. The lowest BCUT2D eigenvalue weighted by molar-refractivity contribution is -0.140. The van der Waals surface area contributed by atoms with E-state index in [4.69, 9.17) is 0 Å². The molecule has 2 fully saturated rings. The fourth-order valence-electron chi connectivity index (χ4n) is 4.78. The first-order valence-corrected chi connectivity index (χ1v) is 13.1. The van der Waals surface area contributed by atoms with Crippen molar-refractivity contribution in [1.82, 2.24) is 9.62 Å². The zero-order valence-corrected chi connectivity index (χ0v) is 19.4. The number of carbonyl (C=O) groups excluding carboxylic acids is 3. The third-order valence-electron chi connectivity index (χ3n) is 6.57. The van der Waals surface area contributed by atoms with Gasteiger partial charge in [-0.2, -0.15) is 0 Å². The summed E-state index contributed by atoms with van der Waals surface area (Å²) in [6.07, 6.45) is 6.92. The molecule has 1 aromatic carbocycles. The van der Waals surface area contributed by atoms with E-state index in [0.717, 1.165) is 44.9 Å². The number of carbonyl (C=O) groups is 3. The van der Waals surface area contributed by atoms with Crippen molar-refractivity contribution < 1.29 is 22.8 Å². The van der Waals surface area contributed by atoms with Gasteiger partial charge in [0.2, 0.25) is 17.7 Å². The van der Waals surface area contributed by atoms with E-state index >= 15 is 0 Å². The van der Waals surface area contributed by atoms with E-state index in [1.54, 1.807) is 0 Å². The first kappa shape index (κ1) is 23.4. The Morgan fingerprint density at radius 3 is 2.30 bits per heavy atom. The minimum Gasteiger partial charge on any atom is -0.326 e. The number of likely N-dealkylation sites (tertiary alicyclic amines) is 1. The van der Waals surface area contributed by atoms with Crippen molar-refractivity contribution >= 4 is 39.3 Å². The molecule has 1 aliphatic carbocycles. The average molecular weight is 475 g/mol. The first-order valence-electron chi connectivity index (χ1n) is 11.7. The van der Waals surface area contributed by atoms with Crippen LogP contribution in [0.5, 0.6) is 0 Å². The number of benzene rings is 1. The van der Waals surface area contributed by atoms with E-state index < -0.39 is 10.0 Å². The molecule has 3 amide bonds. The molecule has 33 heavy (non-hydrogen) atoms. The molecular formula is C23H30N4O5S. The van der Waals surface area contributed by atoms with Gasteiger partial charge in [-0.15, -0.1) is 0 Å². The van der Waals surface area contributed by atoms with E-state index in [1.165, 1.54) is 29.2 Å². The molecule has 2 aliphatic heterocycles. The summed E-state index contributed by atoms with van der Waals surface area (Å²) in [4.78, 5) is 43.0. The maximum Gasteiger partial charge on any atom is 0.262 e. The van der Waals surface area contributed by atoms with E-state index in [-0.39, 0.29) is 47.4 Å². The Kier molecular flexibility index (Phi) is 7.11. The predicted octanol–water partition coefficient (Wildman–Crippen LogP) is 2.44. The minimum absolute atomic E-state index is 0.00164. The van der Waals surface area contributed by atoms with Crippen LogP contribution in [0.1, 0.15) is 57.8 Å². The van der Waals surface area contributed by atoms with Crippen LogP contribution in [-0.4, -0.2) is 50.0 Å². The number of rotatable bonds is 6. The third-order valence-corrected chi connectivity index (χ3v) is 7.97. The molecule has 1 aromatic rings. The number of imide groups is 1. The maximum atomic E-state index is 12.6. The lowest BCUT2D eigenvalue weighted by Gasteiger charge is -2.19. The van der Waals surface area contributed by atoms with Crippen molar-refractivity contribution in [2.45, 2.75) is 62.7 Å². The highest BCUT2D eigenvalue weighted by atomic mass is 32.2. The first-order chi connectivity index (χ1) is 15.8. The van der Waals surface area contributed by atoms with Gasteiger partial charge < -0.3 is 5.32 Å². The molecule has 178 valence electrons. The molecule has 1 saturated heterocycles. The molecule has 2 heterocycles. The smallest absolute Gasteiger partial charge is 0.262 e. The third kappa shape index (κ3) is 5.43. The molecule has 1 saturated carbocycles. The maximum absolute atomic E-state index is 12.6. The second-order valence-electron chi connectivity index (χ2n) is 8.89. The molecule has 2 unspecified atom stereocenters. The van der Waals surface area contributed by atoms with Gasteiger partial charge in [-0.1, -0.05) is 19.3 Å². The summed E-state index contributed by atoms with van der Waals surface area (Å²) in [5.74, 6) is -0.610. The van der Waals surface area contributed by atoms with Gasteiger partial charge in [0.15, 0.2) is 0 Å². The number of nitrogens with zero attached hydrogens (tertiary/aromatic N) is 2. The van der Waals surface area contributed by atoms with E-state index in [0.29, 0.717) is 24.5 Å². The largest absolute Gasteiger partial charge is 0.326 e. The zero-order chi connectivity index (χ0) is 23.4. The van der Waals surface area contributed by atoms with Crippen LogP contribution in [0.2, 0.25) is 0 Å². The number of aliphatic imine (C=N–C) groups is 1. The van der Waals surface area contributed by atoms with Crippen LogP contribution in [0, 0.1) is 11.8 Å². The molecule has 3 aliphatic rings. The fraction of sp³-hybridized carbons (Fsp3) is 0.565. The summed E-state index contributed by atoms with van der Waals surface area (Å²) >= 11 is 0. The summed E-state index contributed by atoms with van der Waals surface area (Å²) in [6.45, 7) is 0.688. The molecule has 0 radical (unpaired) electrons. The number of hydrogen-bond donors (Lipinski definition) is 2. The Morgan fingerprint density at radius 1 is 0.970 bits per heavy atom. The van der Waals surface area contributed by atoms with Gasteiger partial charge in [-0.3, -0.25) is 29.0 Å². The van der Waals surface area contributed by atoms with Crippen molar-refractivity contribution in [3.63, 3.8) is 0 Å². The van der Waals surface area contributed by atoms with Gasteiger partial charge >= 0.3 is 0 Å². The second-order valence-corrected chi connectivity index (χ2v) is 10.6. The molecule has 0 spiro atoms. The van der Waals surface area contributed by atoms with Crippen molar-refractivity contribution in [3.8, 4) is 0 Å². The number of nitrogens with one attached hydrogen (secondary N) is 2. The number of anilines is 1. The molecule has 0 aromatic heterocycles. The van der Waals surface area contributed by atoms with Crippen LogP contribution >= 0.6 is 0 Å². The summed E-state index contributed by atoms with van der Waals surface area (Å²) in [6, 6.07) is 5.88. The molecule has 4 rings (SSSR count). The fourth-order valence-corrected chi connectivity index (χ4v) is 5.87. The van der Waals surface area contributed by atoms with Crippen molar-refractivity contribution in [1.29, 1.82) is 0 Å². The van der Waals surface area contributed by atoms with Crippen LogP contribution in [0.25, 0.3) is 0 Å². The lowest BCUT2D eigenvalue weighted by atomic mass is 9.81. The molecule has 2 N–H and O–H groups in total. The summed E-state index contributed by atoms with van der Waals surface area (Å²) < 4.78 is 27.8. The Hall–Kier alpha value is -2.75. The standard InChI is InChI=1S/C23H30N4O5S/c28-21(13-15-27-22(29)18-6-3-4-7-19(18)23(27)30)25-16-9-11-17(12-10-16)33(31,32)26-20-8-2-1-5-14-24-20/h9-12,18-19H,1-8,13-15H2,(H,24,26)(H,25,28). The summed E-state index contributed by atoms with van der Waals surface area (Å²) in [5, 5.41) is 2.70. The average Bonchev–Trinajstić information content (AvgIpc) is 2.95. The highest BCUT2D eigenvalue weighted by Gasteiger charge is 2.47. The molecule has 0 bridgehead atoms. The van der Waals surface area contributed by atoms with E-state index in [2.05, 4.69) is 15.0 Å². The summed E-state index contributed by atoms with van der Waals surface area (Å²) in [7, 11) is -3.74. The van der Waals surface area contributed by atoms with E-state index in [9.17, 15) is 22.8 Å². The van der Waals surface area contributed by atoms with Crippen molar-refractivity contribution in [2.75, 3.05) is 18.4 Å². The van der Waals surface area contributed by atoms with Crippen LogP contribution < -0.4 is 10.0 Å². The van der Waals surface area contributed by atoms with Gasteiger partial charge in [-0.25, -0.2) is 8.42 Å². The van der Waals surface area contributed by atoms with E-state index in [1.807, 2.05) is 0 Å². The monoisotopic (exact) mass is 474 g/mol. The molecule has 2 atom stereocenters. The number of amidine groups is 1. The Labute approximate surface area is 194 Å². The Bertz CT molecular complexity index is 1030. The predicted molar refractivity (Wildman–Crippen MR) is 123 cm³/mol.